The molecular weight excluding hydrogens is 326 g/mol. The second-order valence-corrected chi connectivity index (χ2v) is 4.82. The van der Waals surface area contributed by atoms with E-state index in [0.29, 0.717) is 11.4 Å². The van der Waals surface area contributed by atoms with E-state index in [1.807, 2.05) is 6.07 Å². The highest BCUT2D eigenvalue weighted by Crippen LogP contribution is 2.11. The minimum atomic E-state index is -0.305. The van der Waals surface area contributed by atoms with Crippen molar-refractivity contribution in [2.75, 3.05) is 6.54 Å². The molecule has 1 aromatic carbocycles. The van der Waals surface area contributed by atoms with Gasteiger partial charge in [-0.05, 0) is 18.2 Å². The SMILES string of the molecule is O=C(CNC(=O)c1cccc(Br)c1)NCc1ncn[nH]1. The quantitative estimate of drug-likeness (QED) is 0.744. The van der Waals surface area contributed by atoms with Crippen molar-refractivity contribution in [3.05, 3.63) is 46.5 Å². The van der Waals surface area contributed by atoms with Gasteiger partial charge in [-0.1, -0.05) is 22.0 Å². The predicted molar refractivity (Wildman–Crippen MR) is 74.7 cm³/mol. The molecule has 1 aromatic heterocycles. The van der Waals surface area contributed by atoms with E-state index in [2.05, 4.69) is 41.7 Å². The van der Waals surface area contributed by atoms with E-state index < -0.39 is 0 Å². The monoisotopic (exact) mass is 337 g/mol. The Bertz CT molecular complexity index is 600. The van der Waals surface area contributed by atoms with Crippen LogP contribution < -0.4 is 10.6 Å². The van der Waals surface area contributed by atoms with Crippen LogP contribution in [-0.4, -0.2) is 33.5 Å². The summed E-state index contributed by atoms with van der Waals surface area (Å²) in [6, 6.07) is 6.93. The van der Waals surface area contributed by atoms with Gasteiger partial charge in [0.2, 0.25) is 5.91 Å². The number of carbonyl (C=O) groups excluding carboxylic acids is 2. The van der Waals surface area contributed by atoms with Crippen LogP contribution >= 0.6 is 15.9 Å². The fourth-order valence-corrected chi connectivity index (χ4v) is 1.85. The molecule has 0 radical (unpaired) electrons. The second kappa shape index (κ2) is 6.80. The topological polar surface area (TPSA) is 99.8 Å². The van der Waals surface area contributed by atoms with Crippen LogP contribution in [0.1, 0.15) is 16.2 Å². The lowest BCUT2D eigenvalue weighted by atomic mass is 10.2. The fraction of sp³-hybridized carbons (Fsp3) is 0.167. The smallest absolute Gasteiger partial charge is 0.251 e. The van der Waals surface area contributed by atoms with E-state index in [1.54, 1.807) is 18.2 Å². The van der Waals surface area contributed by atoms with Crippen LogP contribution in [-0.2, 0) is 11.3 Å². The third kappa shape index (κ3) is 4.16. The molecule has 0 saturated heterocycles. The maximum Gasteiger partial charge on any atom is 0.251 e. The average molecular weight is 338 g/mol. The molecule has 1 heterocycles. The van der Waals surface area contributed by atoms with Crippen LogP contribution in [0.15, 0.2) is 35.1 Å². The molecule has 0 fully saturated rings. The molecule has 7 nitrogen and oxygen atoms in total. The van der Waals surface area contributed by atoms with E-state index in [0.717, 1.165) is 4.47 Å². The molecule has 0 saturated carbocycles. The van der Waals surface area contributed by atoms with Crippen LogP contribution in [0.3, 0.4) is 0 Å². The van der Waals surface area contributed by atoms with Gasteiger partial charge in [0.25, 0.3) is 5.91 Å². The first kappa shape index (κ1) is 14.2. The Hall–Kier alpha value is -2.22. The van der Waals surface area contributed by atoms with Gasteiger partial charge in [0, 0.05) is 10.0 Å². The number of halogens is 1. The molecule has 0 atom stereocenters. The Labute approximate surface area is 123 Å². The summed E-state index contributed by atoms with van der Waals surface area (Å²) in [5.74, 6) is -0.0532. The minimum absolute atomic E-state index is 0.0977. The molecule has 2 rings (SSSR count). The van der Waals surface area contributed by atoms with E-state index >= 15 is 0 Å². The maximum atomic E-state index is 11.8. The highest BCUT2D eigenvalue weighted by Gasteiger charge is 2.08. The normalized spacial score (nSPS) is 10.1. The number of nitrogens with one attached hydrogen (secondary N) is 3. The first-order valence-corrected chi connectivity index (χ1v) is 6.59. The first-order chi connectivity index (χ1) is 9.65. The Balaban J connectivity index is 1.77. The lowest BCUT2D eigenvalue weighted by Crippen LogP contribution is -2.36. The number of aromatic amines is 1. The van der Waals surface area contributed by atoms with Crippen molar-refractivity contribution in [2.45, 2.75) is 6.54 Å². The molecule has 0 bridgehead atoms. The van der Waals surface area contributed by atoms with Crippen molar-refractivity contribution in [3.8, 4) is 0 Å². The van der Waals surface area contributed by atoms with Crippen molar-refractivity contribution >= 4 is 27.7 Å². The van der Waals surface area contributed by atoms with Gasteiger partial charge in [-0.3, -0.25) is 14.7 Å². The summed E-state index contributed by atoms with van der Waals surface area (Å²) in [5.41, 5.74) is 0.488. The number of H-pyrrole nitrogens is 1. The Morgan fingerprint density at radius 3 is 2.85 bits per heavy atom. The molecule has 8 heteroatoms. The van der Waals surface area contributed by atoms with E-state index in [4.69, 9.17) is 0 Å². The molecule has 20 heavy (non-hydrogen) atoms. The molecule has 0 aliphatic rings. The highest BCUT2D eigenvalue weighted by molar-refractivity contribution is 9.10. The number of aromatic nitrogens is 3. The molecule has 104 valence electrons. The second-order valence-electron chi connectivity index (χ2n) is 3.90. The van der Waals surface area contributed by atoms with Gasteiger partial charge in [-0.2, -0.15) is 5.10 Å². The summed E-state index contributed by atoms with van der Waals surface area (Å²) in [6.07, 6.45) is 1.36. The number of hydrogen-bond acceptors (Lipinski definition) is 4. The standard InChI is InChI=1S/C12H12BrN5O2/c13-9-3-1-2-8(4-9)12(20)15-6-11(19)14-5-10-16-7-17-18-10/h1-4,7H,5-6H2,(H,14,19)(H,15,20)(H,16,17,18). The first-order valence-electron chi connectivity index (χ1n) is 5.80. The third-order valence-electron chi connectivity index (χ3n) is 2.41. The molecule has 0 unspecified atom stereocenters. The minimum Gasteiger partial charge on any atom is -0.347 e. The number of rotatable bonds is 5. The van der Waals surface area contributed by atoms with Gasteiger partial charge in [0.1, 0.15) is 12.2 Å². The number of nitrogens with zero attached hydrogens (tertiary/aromatic N) is 2. The summed E-state index contributed by atoms with van der Waals surface area (Å²) in [6.45, 7) is 0.144. The van der Waals surface area contributed by atoms with E-state index in [9.17, 15) is 9.59 Å². The molecule has 2 aromatic rings. The maximum absolute atomic E-state index is 11.8. The summed E-state index contributed by atoms with van der Waals surface area (Å²) in [4.78, 5) is 27.2. The Morgan fingerprint density at radius 2 is 2.15 bits per heavy atom. The van der Waals surface area contributed by atoms with Crippen LogP contribution in [0.5, 0.6) is 0 Å². The zero-order valence-corrected chi connectivity index (χ0v) is 12.0. The number of benzene rings is 1. The van der Waals surface area contributed by atoms with Gasteiger partial charge in [-0.25, -0.2) is 4.98 Å². The summed E-state index contributed by atoms with van der Waals surface area (Å²) < 4.78 is 0.805. The summed E-state index contributed by atoms with van der Waals surface area (Å²) in [5, 5.41) is 11.4. The Kier molecular flexibility index (Phi) is 4.83. The van der Waals surface area contributed by atoms with Crippen molar-refractivity contribution in [1.29, 1.82) is 0 Å². The lowest BCUT2D eigenvalue weighted by molar-refractivity contribution is -0.120. The van der Waals surface area contributed by atoms with Gasteiger partial charge >= 0.3 is 0 Å². The van der Waals surface area contributed by atoms with Crippen molar-refractivity contribution in [3.63, 3.8) is 0 Å². The Morgan fingerprint density at radius 1 is 1.30 bits per heavy atom. The van der Waals surface area contributed by atoms with Gasteiger partial charge < -0.3 is 10.6 Å². The number of hydrogen-bond donors (Lipinski definition) is 3. The fourth-order valence-electron chi connectivity index (χ4n) is 1.45. The number of amides is 2. The predicted octanol–water partition coefficient (Wildman–Crippen LogP) is 0.613. The van der Waals surface area contributed by atoms with Crippen LogP contribution in [0.4, 0.5) is 0 Å². The molecule has 3 N–H and O–H groups in total. The molecule has 2 amide bonds. The van der Waals surface area contributed by atoms with Crippen molar-refractivity contribution in [2.24, 2.45) is 0 Å². The van der Waals surface area contributed by atoms with Crippen molar-refractivity contribution in [1.82, 2.24) is 25.8 Å². The molecule has 0 aliphatic heterocycles. The summed E-state index contributed by atoms with van der Waals surface area (Å²) in [7, 11) is 0. The van der Waals surface area contributed by atoms with Crippen LogP contribution in [0, 0.1) is 0 Å². The van der Waals surface area contributed by atoms with Gasteiger partial charge in [0.05, 0.1) is 13.1 Å². The number of carbonyl (C=O) groups is 2. The van der Waals surface area contributed by atoms with Gasteiger partial charge in [-0.15, -0.1) is 0 Å². The summed E-state index contributed by atoms with van der Waals surface area (Å²) >= 11 is 3.28. The van der Waals surface area contributed by atoms with Gasteiger partial charge in [0.15, 0.2) is 0 Å². The zero-order valence-electron chi connectivity index (χ0n) is 10.4. The largest absolute Gasteiger partial charge is 0.347 e. The molecule has 0 spiro atoms. The van der Waals surface area contributed by atoms with Crippen molar-refractivity contribution < 1.29 is 9.59 Å². The third-order valence-corrected chi connectivity index (χ3v) is 2.91. The van der Waals surface area contributed by atoms with Crippen LogP contribution in [0.2, 0.25) is 0 Å². The molecular formula is C12H12BrN5O2. The molecule has 0 aliphatic carbocycles. The van der Waals surface area contributed by atoms with Crippen LogP contribution in [0.25, 0.3) is 0 Å². The highest BCUT2D eigenvalue weighted by atomic mass is 79.9. The van der Waals surface area contributed by atoms with E-state index in [1.165, 1.54) is 6.33 Å². The van der Waals surface area contributed by atoms with E-state index in [-0.39, 0.29) is 24.9 Å². The average Bonchev–Trinajstić information content (AvgIpc) is 2.95. The zero-order chi connectivity index (χ0) is 14.4. The lowest BCUT2D eigenvalue weighted by Gasteiger charge is -2.06.